The molecule has 0 aliphatic heterocycles. The Kier molecular flexibility index (Phi) is 8.21. The van der Waals surface area contributed by atoms with E-state index in [0.29, 0.717) is 36.0 Å². The minimum atomic E-state index is -0.860. The van der Waals surface area contributed by atoms with Crippen molar-refractivity contribution in [3.05, 3.63) is 23.8 Å². The van der Waals surface area contributed by atoms with Crippen LogP contribution in [-0.4, -0.2) is 48.8 Å². The fourth-order valence-electron chi connectivity index (χ4n) is 1.64. The molecule has 1 amide bonds. The first-order valence-electron chi connectivity index (χ1n) is 6.97. The molecule has 1 aromatic carbocycles. The maximum atomic E-state index is 12.2. The lowest BCUT2D eigenvalue weighted by atomic mass is 10.1. The number of carboxylic acid groups (broad SMARTS) is 1. The van der Waals surface area contributed by atoms with E-state index in [-0.39, 0.29) is 11.7 Å². The van der Waals surface area contributed by atoms with E-state index in [1.54, 1.807) is 25.3 Å². The maximum absolute atomic E-state index is 12.2. The van der Waals surface area contributed by atoms with E-state index in [9.17, 15) is 9.59 Å². The van der Waals surface area contributed by atoms with Crippen molar-refractivity contribution in [1.29, 1.82) is 0 Å². The second kappa shape index (κ2) is 9.94. The van der Waals surface area contributed by atoms with Gasteiger partial charge in [-0.25, -0.2) is 0 Å². The molecule has 122 valence electrons. The van der Waals surface area contributed by atoms with Crippen molar-refractivity contribution < 1.29 is 24.2 Å². The molecule has 1 aromatic rings. The Morgan fingerprint density at radius 1 is 1.36 bits per heavy atom. The fourth-order valence-corrected chi connectivity index (χ4v) is 2.21. The summed E-state index contributed by atoms with van der Waals surface area (Å²) >= 11 is 1.26. The number of amides is 1. The van der Waals surface area contributed by atoms with Crippen LogP contribution in [0.15, 0.2) is 18.2 Å². The molecule has 0 aliphatic carbocycles. The van der Waals surface area contributed by atoms with Gasteiger partial charge < -0.3 is 19.9 Å². The molecular formula is C15H21NO5S. The van der Waals surface area contributed by atoms with Crippen LogP contribution in [0, 0.1) is 0 Å². The van der Waals surface area contributed by atoms with Gasteiger partial charge in [-0.2, -0.15) is 0 Å². The van der Waals surface area contributed by atoms with E-state index in [4.69, 9.17) is 14.6 Å². The molecule has 0 aliphatic rings. The number of hydrogen-bond acceptors (Lipinski definition) is 5. The molecule has 7 heteroatoms. The third kappa shape index (κ3) is 6.26. The van der Waals surface area contributed by atoms with Gasteiger partial charge in [-0.1, -0.05) is 6.92 Å². The topological polar surface area (TPSA) is 84.9 Å². The Balaban J connectivity index is 2.60. The van der Waals surface area contributed by atoms with Gasteiger partial charge in [0.1, 0.15) is 11.5 Å². The third-order valence-electron chi connectivity index (χ3n) is 2.65. The van der Waals surface area contributed by atoms with Crippen molar-refractivity contribution in [2.75, 3.05) is 31.8 Å². The number of benzene rings is 1. The molecule has 6 nitrogen and oxygen atoms in total. The van der Waals surface area contributed by atoms with E-state index in [1.807, 2.05) is 6.92 Å². The zero-order valence-electron chi connectivity index (χ0n) is 12.8. The van der Waals surface area contributed by atoms with E-state index < -0.39 is 5.97 Å². The summed E-state index contributed by atoms with van der Waals surface area (Å²) in [7, 11) is 1.55. The molecule has 0 aromatic heterocycles. The monoisotopic (exact) mass is 327 g/mol. The number of carbonyl (C=O) groups is 2. The smallest absolute Gasteiger partial charge is 0.313 e. The molecule has 0 atom stereocenters. The van der Waals surface area contributed by atoms with Crippen molar-refractivity contribution in [1.82, 2.24) is 5.32 Å². The number of thioether (sulfide) groups is 1. The number of aliphatic carboxylic acids is 1. The molecule has 0 heterocycles. The van der Waals surface area contributed by atoms with Crippen LogP contribution < -0.4 is 14.8 Å². The van der Waals surface area contributed by atoms with Crippen LogP contribution in [0.1, 0.15) is 23.7 Å². The predicted molar refractivity (Wildman–Crippen MR) is 86.1 cm³/mol. The normalized spacial score (nSPS) is 10.1. The SMILES string of the molecule is CCCOc1cc(OC)ccc1C(=O)NCCSCC(=O)O. The maximum Gasteiger partial charge on any atom is 0.313 e. The Bertz CT molecular complexity index is 507. The lowest BCUT2D eigenvalue weighted by Gasteiger charge is -2.12. The quantitative estimate of drug-likeness (QED) is 0.640. The summed E-state index contributed by atoms with van der Waals surface area (Å²) < 4.78 is 10.7. The molecule has 0 saturated heterocycles. The Morgan fingerprint density at radius 3 is 2.77 bits per heavy atom. The summed E-state index contributed by atoms with van der Waals surface area (Å²) in [5.41, 5.74) is 0.442. The summed E-state index contributed by atoms with van der Waals surface area (Å²) in [4.78, 5) is 22.6. The Hall–Kier alpha value is -1.89. The lowest BCUT2D eigenvalue weighted by Crippen LogP contribution is -2.26. The van der Waals surface area contributed by atoms with Gasteiger partial charge in [-0.3, -0.25) is 9.59 Å². The minimum absolute atomic E-state index is 0.0310. The summed E-state index contributed by atoms with van der Waals surface area (Å²) in [6.07, 6.45) is 0.837. The number of hydrogen-bond donors (Lipinski definition) is 2. The first kappa shape index (κ1) is 18.2. The molecule has 0 saturated carbocycles. The molecule has 0 unspecified atom stereocenters. The van der Waals surface area contributed by atoms with Crippen LogP contribution in [-0.2, 0) is 4.79 Å². The number of ether oxygens (including phenoxy) is 2. The molecule has 22 heavy (non-hydrogen) atoms. The van der Waals surface area contributed by atoms with Crippen molar-refractivity contribution in [3.63, 3.8) is 0 Å². The van der Waals surface area contributed by atoms with Crippen LogP contribution in [0.5, 0.6) is 11.5 Å². The molecule has 1 rings (SSSR count). The second-order valence-electron chi connectivity index (χ2n) is 4.41. The largest absolute Gasteiger partial charge is 0.497 e. The van der Waals surface area contributed by atoms with Crippen LogP contribution in [0.2, 0.25) is 0 Å². The van der Waals surface area contributed by atoms with Gasteiger partial charge in [-0.15, -0.1) is 11.8 Å². The Morgan fingerprint density at radius 2 is 2.14 bits per heavy atom. The van der Waals surface area contributed by atoms with Crippen LogP contribution in [0.4, 0.5) is 0 Å². The van der Waals surface area contributed by atoms with Gasteiger partial charge >= 0.3 is 5.97 Å². The average Bonchev–Trinajstić information content (AvgIpc) is 2.51. The standard InChI is InChI=1S/C15H21NO5S/c1-3-7-21-13-9-11(20-2)4-5-12(13)15(19)16-6-8-22-10-14(17)18/h4-5,9H,3,6-8,10H2,1-2H3,(H,16,19)(H,17,18). The molecular weight excluding hydrogens is 306 g/mol. The van der Waals surface area contributed by atoms with Crippen molar-refractivity contribution in [2.45, 2.75) is 13.3 Å². The van der Waals surface area contributed by atoms with Gasteiger partial charge in [0.05, 0.1) is 25.0 Å². The first-order valence-corrected chi connectivity index (χ1v) is 8.12. The van der Waals surface area contributed by atoms with Gasteiger partial charge in [-0.05, 0) is 18.6 Å². The lowest BCUT2D eigenvalue weighted by molar-refractivity contribution is -0.133. The average molecular weight is 327 g/mol. The zero-order valence-corrected chi connectivity index (χ0v) is 13.6. The number of carboxylic acids is 1. The van der Waals surface area contributed by atoms with Crippen molar-refractivity contribution in [2.24, 2.45) is 0 Å². The number of rotatable bonds is 10. The summed E-state index contributed by atoms with van der Waals surface area (Å²) in [5.74, 6) is 0.575. The predicted octanol–water partition coefficient (Wildman–Crippen LogP) is 2.03. The van der Waals surface area contributed by atoms with Crippen molar-refractivity contribution in [3.8, 4) is 11.5 Å². The highest BCUT2D eigenvalue weighted by molar-refractivity contribution is 7.99. The number of methoxy groups -OCH3 is 1. The minimum Gasteiger partial charge on any atom is -0.497 e. The number of nitrogens with one attached hydrogen (secondary N) is 1. The molecule has 0 fully saturated rings. The molecule has 0 spiro atoms. The summed E-state index contributed by atoms with van der Waals surface area (Å²) in [6, 6.07) is 5.04. The van der Waals surface area contributed by atoms with Gasteiger partial charge in [0.15, 0.2) is 0 Å². The third-order valence-corrected chi connectivity index (χ3v) is 3.60. The summed E-state index contributed by atoms with van der Waals surface area (Å²) in [5, 5.41) is 11.3. The van der Waals surface area contributed by atoms with Gasteiger partial charge in [0.2, 0.25) is 0 Å². The Labute approximate surface area is 134 Å². The highest BCUT2D eigenvalue weighted by Gasteiger charge is 2.13. The van der Waals surface area contributed by atoms with Crippen LogP contribution in [0.3, 0.4) is 0 Å². The van der Waals surface area contributed by atoms with E-state index in [0.717, 1.165) is 6.42 Å². The highest BCUT2D eigenvalue weighted by atomic mass is 32.2. The van der Waals surface area contributed by atoms with Gasteiger partial charge in [0.25, 0.3) is 5.91 Å². The highest BCUT2D eigenvalue weighted by Crippen LogP contribution is 2.25. The molecule has 0 radical (unpaired) electrons. The first-order chi connectivity index (χ1) is 10.6. The number of carbonyl (C=O) groups excluding carboxylic acids is 1. The second-order valence-corrected chi connectivity index (χ2v) is 5.52. The van der Waals surface area contributed by atoms with Crippen LogP contribution >= 0.6 is 11.8 Å². The van der Waals surface area contributed by atoms with Crippen LogP contribution in [0.25, 0.3) is 0 Å². The zero-order chi connectivity index (χ0) is 16.4. The van der Waals surface area contributed by atoms with Gasteiger partial charge in [0, 0.05) is 18.4 Å². The summed E-state index contributed by atoms with van der Waals surface area (Å²) in [6.45, 7) is 2.90. The molecule has 2 N–H and O–H groups in total. The van der Waals surface area contributed by atoms with Crippen molar-refractivity contribution >= 4 is 23.6 Å². The van der Waals surface area contributed by atoms with E-state index in [1.165, 1.54) is 11.8 Å². The fraction of sp³-hybridized carbons (Fsp3) is 0.467. The van der Waals surface area contributed by atoms with E-state index >= 15 is 0 Å². The molecule has 0 bridgehead atoms. The van der Waals surface area contributed by atoms with E-state index in [2.05, 4.69) is 5.32 Å².